The van der Waals surface area contributed by atoms with E-state index in [2.05, 4.69) is 15.9 Å². The maximum absolute atomic E-state index is 9.61. The van der Waals surface area contributed by atoms with E-state index in [1.165, 1.54) is 0 Å². The molecule has 0 aromatic heterocycles. The first kappa shape index (κ1) is 10.6. The van der Waals surface area contributed by atoms with Crippen LogP contribution in [0.3, 0.4) is 0 Å². The number of benzene rings is 2. The highest BCUT2D eigenvalue weighted by Gasteiger charge is 2.05. The Labute approximate surface area is 96.8 Å². The van der Waals surface area contributed by atoms with Crippen LogP contribution >= 0.6 is 15.9 Å². The van der Waals surface area contributed by atoms with Gasteiger partial charge in [-0.1, -0.05) is 34.1 Å². The summed E-state index contributed by atoms with van der Waals surface area (Å²) >= 11 is 3.42. The largest absolute Gasteiger partial charge is 0.387 e. The molecule has 3 N–H and O–H groups in total. The zero-order chi connectivity index (χ0) is 10.8. The molecule has 0 radical (unpaired) electrons. The molecule has 1 unspecified atom stereocenters. The van der Waals surface area contributed by atoms with E-state index in [1.54, 1.807) is 0 Å². The molecule has 0 aliphatic carbocycles. The molecule has 3 heteroatoms. The van der Waals surface area contributed by atoms with Crippen LogP contribution in [0.5, 0.6) is 0 Å². The van der Waals surface area contributed by atoms with Gasteiger partial charge < -0.3 is 10.8 Å². The van der Waals surface area contributed by atoms with E-state index in [4.69, 9.17) is 5.73 Å². The lowest BCUT2D eigenvalue weighted by atomic mass is 10.0. The van der Waals surface area contributed by atoms with E-state index < -0.39 is 6.10 Å². The van der Waals surface area contributed by atoms with Crippen LogP contribution in [0, 0.1) is 0 Å². The molecule has 15 heavy (non-hydrogen) atoms. The number of hydrogen-bond donors (Lipinski definition) is 2. The van der Waals surface area contributed by atoms with Crippen molar-refractivity contribution in [3.05, 3.63) is 46.4 Å². The van der Waals surface area contributed by atoms with Crippen LogP contribution < -0.4 is 5.73 Å². The summed E-state index contributed by atoms with van der Waals surface area (Å²) < 4.78 is 1.06. The third-order valence-electron chi connectivity index (χ3n) is 2.43. The summed E-state index contributed by atoms with van der Waals surface area (Å²) in [7, 11) is 0. The summed E-state index contributed by atoms with van der Waals surface area (Å²) in [6.07, 6.45) is -0.571. The van der Waals surface area contributed by atoms with Crippen molar-refractivity contribution in [3.63, 3.8) is 0 Å². The van der Waals surface area contributed by atoms with Crippen LogP contribution in [-0.2, 0) is 0 Å². The van der Waals surface area contributed by atoms with Gasteiger partial charge in [-0.3, -0.25) is 0 Å². The molecule has 2 aromatic carbocycles. The summed E-state index contributed by atoms with van der Waals surface area (Å²) in [4.78, 5) is 0. The van der Waals surface area contributed by atoms with Crippen molar-refractivity contribution in [2.24, 2.45) is 5.73 Å². The van der Waals surface area contributed by atoms with E-state index in [0.29, 0.717) is 0 Å². The normalized spacial score (nSPS) is 13.0. The van der Waals surface area contributed by atoms with E-state index in [0.717, 1.165) is 20.8 Å². The number of halogens is 1. The van der Waals surface area contributed by atoms with Crippen molar-refractivity contribution in [2.75, 3.05) is 6.54 Å². The molecule has 0 aliphatic rings. The van der Waals surface area contributed by atoms with Crippen LogP contribution in [0.2, 0.25) is 0 Å². The average Bonchev–Trinajstić information content (AvgIpc) is 2.27. The second kappa shape index (κ2) is 4.31. The van der Waals surface area contributed by atoms with Crippen molar-refractivity contribution in [3.8, 4) is 0 Å². The fraction of sp³-hybridized carbons (Fsp3) is 0.167. The molecule has 0 amide bonds. The second-order valence-electron chi connectivity index (χ2n) is 3.50. The predicted molar refractivity (Wildman–Crippen MR) is 65.7 cm³/mol. The third kappa shape index (κ3) is 2.20. The maximum atomic E-state index is 9.61. The number of hydrogen-bond acceptors (Lipinski definition) is 2. The molecule has 0 saturated heterocycles. The van der Waals surface area contributed by atoms with E-state index in [-0.39, 0.29) is 6.54 Å². The van der Waals surface area contributed by atoms with Gasteiger partial charge in [0.2, 0.25) is 0 Å². The summed E-state index contributed by atoms with van der Waals surface area (Å²) in [6, 6.07) is 11.9. The molecule has 78 valence electrons. The standard InChI is InChI=1S/C12H12BrNO/c13-11-4-3-8-5-10(12(15)7-14)2-1-9(8)6-11/h1-6,12,15H,7,14H2. The predicted octanol–water partition coefficient (Wildman–Crippen LogP) is 2.59. The molecule has 2 aromatic rings. The monoisotopic (exact) mass is 265 g/mol. The fourth-order valence-electron chi connectivity index (χ4n) is 1.58. The van der Waals surface area contributed by atoms with Crippen molar-refractivity contribution in [2.45, 2.75) is 6.10 Å². The van der Waals surface area contributed by atoms with Crippen LogP contribution in [0.15, 0.2) is 40.9 Å². The van der Waals surface area contributed by atoms with Gasteiger partial charge in [0.15, 0.2) is 0 Å². The lowest BCUT2D eigenvalue weighted by molar-refractivity contribution is 0.187. The number of aliphatic hydroxyl groups excluding tert-OH is 1. The Hall–Kier alpha value is -0.900. The van der Waals surface area contributed by atoms with Gasteiger partial charge >= 0.3 is 0 Å². The molecule has 1 atom stereocenters. The first-order valence-corrected chi connectivity index (χ1v) is 5.57. The summed E-state index contributed by atoms with van der Waals surface area (Å²) in [5.74, 6) is 0. The van der Waals surface area contributed by atoms with Crippen molar-refractivity contribution in [1.29, 1.82) is 0 Å². The molecular weight excluding hydrogens is 254 g/mol. The zero-order valence-electron chi connectivity index (χ0n) is 8.15. The van der Waals surface area contributed by atoms with Crippen LogP contribution in [0.25, 0.3) is 10.8 Å². The molecule has 2 rings (SSSR count). The lowest BCUT2D eigenvalue weighted by Crippen LogP contribution is -2.11. The van der Waals surface area contributed by atoms with Crippen LogP contribution in [0.1, 0.15) is 11.7 Å². The number of rotatable bonds is 2. The van der Waals surface area contributed by atoms with Gasteiger partial charge in [0.1, 0.15) is 0 Å². The number of nitrogens with two attached hydrogens (primary N) is 1. The minimum absolute atomic E-state index is 0.252. The van der Waals surface area contributed by atoms with Gasteiger partial charge in [0.05, 0.1) is 6.10 Å². The highest BCUT2D eigenvalue weighted by Crippen LogP contribution is 2.23. The minimum Gasteiger partial charge on any atom is -0.387 e. The Balaban J connectivity index is 2.52. The molecule has 0 bridgehead atoms. The first-order valence-electron chi connectivity index (χ1n) is 4.78. The van der Waals surface area contributed by atoms with E-state index in [9.17, 15) is 5.11 Å². The molecule has 0 spiro atoms. The second-order valence-corrected chi connectivity index (χ2v) is 4.42. The molecule has 0 heterocycles. The molecule has 2 nitrogen and oxygen atoms in total. The van der Waals surface area contributed by atoms with Crippen LogP contribution in [0.4, 0.5) is 0 Å². The first-order chi connectivity index (χ1) is 7.20. The Kier molecular flexibility index (Phi) is 3.05. The molecule has 0 aliphatic heterocycles. The number of aliphatic hydroxyl groups is 1. The third-order valence-corrected chi connectivity index (χ3v) is 2.93. The van der Waals surface area contributed by atoms with Gasteiger partial charge in [0.25, 0.3) is 0 Å². The highest BCUT2D eigenvalue weighted by atomic mass is 79.9. The summed E-state index contributed by atoms with van der Waals surface area (Å²) in [5.41, 5.74) is 6.28. The van der Waals surface area contributed by atoms with Gasteiger partial charge in [-0.2, -0.15) is 0 Å². The van der Waals surface area contributed by atoms with Gasteiger partial charge in [-0.05, 0) is 34.5 Å². The minimum atomic E-state index is -0.571. The Bertz CT molecular complexity index is 484. The van der Waals surface area contributed by atoms with Crippen LogP contribution in [-0.4, -0.2) is 11.7 Å². The average molecular weight is 266 g/mol. The van der Waals surface area contributed by atoms with Crippen molar-refractivity contribution in [1.82, 2.24) is 0 Å². The molecular formula is C12H12BrNO. The quantitative estimate of drug-likeness (QED) is 0.877. The smallest absolute Gasteiger partial charge is 0.0912 e. The van der Waals surface area contributed by atoms with E-state index >= 15 is 0 Å². The fourth-order valence-corrected chi connectivity index (χ4v) is 1.96. The van der Waals surface area contributed by atoms with Gasteiger partial charge in [-0.25, -0.2) is 0 Å². The van der Waals surface area contributed by atoms with E-state index in [1.807, 2.05) is 36.4 Å². The molecule has 0 saturated carbocycles. The van der Waals surface area contributed by atoms with Gasteiger partial charge in [-0.15, -0.1) is 0 Å². The number of fused-ring (bicyclic) bond motifs is 1. The topological polar surface area (TPSA) is 46.2 Å². The summed E-state index contributed by atoms with van der Waals surface area (Å²) in [5, 5.41) is 11.9. The summed E-state index contributed by atoms with van der Waals surface area (Å²) in [6.45, 7) is 0.252. The Morgan fingerprint density at radius 3 is 2.53 bits per heavy atom. The SMILES string of the molecule is NCC(O)c1ccc2cc(Br)ccc2c1. The van der Waals surface area contributed by atoms with Crippen molar-refractivity contribution < 1.29 is 5.11 Å². The zero-order valence-corrected chi connectivity index (χ0v) is 9.74. The molecule has 0 fully saturated rings. The lowest BCUT2D eigenvalue weighted by Gasteiger charge is -2.09. The maximum Gasteiger partial charge on any atom is 0.0912 e. The van der Waals surface area contributed by atoms with Gasteiger partial charge in [0, 0.05) is 11.0 Å². The Morgan fingerprint density at radius 1 is 1.13 bits per heavy atom. The van der Waals surface area contributed by atoms with Crippen molar-refractivity contribution >= 4 is 26.7 Å². The highest BCUT2D eigenvalue weighted by molar-refractivity contribution is 9.10. The Morgan fingerprint density at radius 2 is 1.80 bits per heavy atom.